The van der Waals surface area contributed by atoms with Crippen LogP contribution in [0.3, 0.4) is 0 Å². The van der Waals surface area contributed by atoms with Crippen LogP contribution in [0.2, 0.25) is 0 Å². The van der Waals surface area contributed by atoms with Gasteiger partial charge >= 0.3 is 0 Å². The molecule has 3 heteroatoms. The van der Waals surface area contributed by atoms with Crippen LogP contribution in [-0.2, 0) is 0 Å². The average Bonchev–Trinajstić information content (AvgIpc) is 2.11. The summed E-state index contributed by atoms with van der Waals surface area (Å²) in [5.74, 6) is 0.617. The first kappa shape index (κ1) is 11.4. The van der Waals surface area contributed by atoms with E-state index in [1.54, 1.807) is 0 Å². The van der Waals surface area contributed by atoms with Crippen molar-refractivity contribution in [3.05, 3.63) is 22.7 Å². The molecule has 0 aliphatic carbocycles. The second kappa shape index (κ2) is 4.69. The summed E-state index contributed by atoms with van der Waals surface area (Å²) in [6.45, 7) is 6.57. The third-order valence-electron chi connectivity index (χ3n) is 2.39. The zero-order valence-electron chi connectivity index (χ0n) is 8.84. The van der Waals surface area contributed by atoms with E-state index in [2.05, 4.69) is 42.0 Å². The highest BCUT2D eigenvalue weighted by molar-refractivity contribution is 9.10. The van der Waals surface area contributed by atoms with Gasteiger partial charge in [0.2, 0.25) is 0 Å². The number of nitrogens with two attached hydrogens (primary N) is 1. The average molecular weight is 257 g/mol. The summed E-state index contributed by atoms with van der Waals surface area (Å²) in [5, 5.41) is 3.42. The van der Waals surface area contributed by atoms with Crippen LogP contribution in [0, 0.1) is 5.92 Å². The van der Waals surface area contributed by atoms with Gasteiger partial charge in [-0.15, -0.1) is 0 Å². The number of rotatable bonds is 3. The molecule has 0 aromatic heterocycles. The van der Waals surface area contributed by atoms with Crippen molar-refractivity contribution in [3.8, 4) is 0 Å². The number of nitrogens with one attached hydrogen (secondary N) is 1. The number of anilines is 2. The highest BCUT2D eigenvalue weighted by atomic mass is 79.9. The third-order valence-corrected chi connectivity index (χ3v) is 3.08. The third kappa shape index (κ3) is 2.91. The molecule has 2 nitrogen and oxygen atoms in total. The van der Waals surface area contributed by atoms with Crippen molar-refractivity contribution in [2.75, 3.05) is 11.1 Å². The summed E-state index contributed by atoms with van der Waals surface area (Å²) in [7, 11) is 0. The lowest BCUT2D eigenvalue weighted by Crippen LogP contribution is -2.21. The molecule has 3 N–H and O–H groups in total. The predicted octanol–water partition coefficient (Wildman–Crippen LogP) is 3.49. The standard InChI is InChI=1S/C11H17BrN2/c1-7(2)8(3)14-9-4-5-11(13)10(12)6-9/h4-8,14H,13H2,1-3H3. The molecule has 0 saturated heterocycles. The first-order chi connectivity index (χ1) is 6.50. The van der Waals surface area contributed by atoms with Crippen LogP contribution in [0.5, 0.6) is 0 Å². The lowest BCUT2D eigenvalue weighted by molar-refractivity contribution is 0.560. The molecule has 78 valence electrons. The van der Waals surface area contributed by atoms with Gasteiger partial charge in [-0.1, -0.05) is 13.8 Å². The van der Waals surface area contributed by atoms with Gasteiger partial charge in [-0.2, -0.15) is 0 Å². The lowest BCUT2D eigenvalue weighted by atomic mass is 10.1. The first-order valence-corrected chi connectivity index (χ1v) is 5.61. The molecule has 0 radical (unpaired) electrons. The van der Waals surface area contributed by atoms with Crippen LogP contribution in [0.25, 0.3) is 0 Å². The number of hydrogen-bond acceptors (Lipinski definition) is 2. The Morgan fingerprint density at radius 2 is 1.93 bits per heavy atom. The van der Waals surface area contributed by atoms with Crippen molar-refractivity contribution < 1.29 is 0 Å². The summed E-state index contributed by atoms with van der Waals surface area (Å²) in [6.07, 6.45) is 0. The van der Waals surface area contributed by atoms with Gasteiger partial charge in [-0.05, 0) is 47.0 Å². The predicted molar refractivity (Wildman–Crippen MR) is 66.5 cm³/mol. The molecular weight excluding hydrogens is 240 g/mol. The highest BCUT2D eigenvalue weighted by Crippen LogP contribution is 2.24. The fourth-order valence-corrected chi connectivity index (χ4v) is 1.43. The Bertz CT molecular complexity index is 310. The molecule has 14 heavy (non-hydrogen) atoms. The lowest BCUT2D eigenvalue weighted by Gasteiger charge is -2.19. The van der Waals surface area contributed by atoms with E-state index >= 15 is 0 Å². The van der Waals surface area contributed by atoms with Gasteiger partial charge in [0.1, 0.15) is 0 Å². The Morgan fingerprint density at radius 1 is 1.29 bits per heavy atom. The molecule has 0 saturated carbocycles. The molecule has 0 bridgehead atoms. The van der Waals surface area contributed by atoms with Crippen LogP contribution in [-0.4, -0.2) is 6.04 Å². The maximum absolute atomic E-state index is 5.70. The van der Waals surface area contributed by atoms with Gasteiger partial charge in [0.15, 0.2) is 0 Å². The quantitative estimate of drug-likeness (QED) is 0.813. The Balaban J connectivity index is 2.73. The molecule has 0 fully saturated rings. The van der Waals surface area contributed by atoms with E-state index in [1.165, 1.54) is 0 Å². The smallest absolute Gasteiger partial charge is 0.0460 e. The second-order valence-corrected chi connectivity index (χ2v) is 4.77. The van der Waals surface area contributed by atoms with Gasteiger partial charge in [0.25, 0.3) is 0 Å². The van der Waals surface area contributed by atoms with E-state index < -0.39 is 0 Å². The minimum Gasteiger partial charge on any atom is -0.398 e. The number of halogens is 1. The zero-order valence-corrected chi connectivity index (χ0v) is 10.4. The monoisotopic (exact) mass is 256 g/mol. The highest BCUT2D eigenvalue weighted by Gasteiger charge is 2.06. The van der Waals surface area contributed by atoms with Crippen molar-refractivity contribution >= 4 is 27.3 Å². The van der Waals surface area contributed by atoms with Crippen molar-refractivity contribution in [1.82, 2.24) is 0 Å². The molecule has 1 unspecified atom stereocenters. The minimum atomic E-state index is 0.463. The summed E-state index contributed by atoms with van der Waals surface area (Å²) in [6, 6.07) is 6.37. The van der Waals surface area contributed by atoms with Gasteiger partial charge < -0.3 is 11.1 Å². The van der Waals surface area contributed by atoms with Crippen molar-refractivity contribution in [2.24, 2.45) is 5.92 Å². The zero-order chi connectivity index (χ0) is 10.7. The summed E-state index contributed by atoms with van der Waals surface area (Å²) in [5.41, 5.74) is 7.58. The van der Waals surface area contributed by atoms with Gasteiger partial charge in [0.05, 0.1) is 0 Å². The largest absolute Gasteiger partial charge is 0.398 e. The van der Waals surface area contributed by atoms with Crippen LogP contribution in [0.4, 0.5) is 11.4 Å². The molecule has 0 amide bonds. The molecular formula is C11H17BrN2. The first-order valence-electron chi connectivity index (χ1n) is 4.82. The van der Waals surface area contributed by atoms with Crippen molar-refractivity contribution in [1.29, 1.82) is 0 Å². The molecule has 0 aliphatic rings. The molecule has 1 aromatic rings. The van der Waals surface area contributed by atoms with Crippen molar-refractivity contribution in [2.45, 2.75) is 26.8 Å². The molecule has 1 rings (SSSR count). The summed E-state index contributed by atoms with van der Waals surface area (Å²) >= 11 is 3.41. The van der Waals surface area contributed by atoms with Crippen LogP contribution in [0.1, 0.15) is 20.8 Å². The summed E-state index contributed by atoms with van der Waals surface area (Å²) in [4.78, 5) is 0. The molecule has 0 spiro atoms. The Hall–Kier alpha value is -0.700. The van der Waals surface area contributed by atoms with E-state index in [0.717, 1.165) is 15.8 Å². The Labute approximate surface area is 94.0 Å². The van der Waals surface area contributed by atoms with Gasteiger partial charge in [0, 0.05) is 21.9 Å². The van der Waals surface area contributed by atoms with Gasteiger partial charge in [-0.25, -0.2) is 0 Å². The van der Waals surface area contributed by atoms with Crippen LogP contribution >= 0.6 is 15.9 Å². The van der Waals surface area contributed by atoms with Crippen molar-refractivity contribution in [3.63, 3.8) is 0 Å². The van der Waals surface area contributed by atoms with Gasteiger partial charge in [-0.3, -0.25) is 0 Å². The fraction of sp³-hybridized carbons (Fsp3) is 0.455. The fourth-order valence-electron chi connectivity index (χ4n) is 1.05. The topological polar surface area (TPSA) is 38.0 Å². The molecule has 1 aromatic carbocycles. The van der Waals surface area contributed by atoms with E-state index in [4.69, 9.17) is 5.73 Å². The Morgan fingerprint density at radius 3 is 2.43 bits per heavy atom. The summed E-state index contributed by atoms with van der Waals surface area (Å²) < 4.78 is 0.943. The number of hydrogen-bond donors (Lipinski definition) is 2. The molecule has 0 aliphatic heterocycles. The van der Waals surface area contributed by atoms with E-state index in [0.29, 0.717) is 12.0 Å². The van der Waals surface area contributed by atoms with E-state index in [1.807, 2.05) is 18.2 Å². The SMILES string of the molecule is CC(C)C(C)Nc1ccc(N)c(Br)c1. The van der Waals surface area contributed by atoms with E-state index in [9.17, 15) is 0 Å². The van der Waals surface area contributed by atoms with Crippen LogP contribution < -0.4 is 11.1 Å². The normalized spacial score (nSPS) is 12.9. The van der Waals surface area contributed by atoms with E-state index in [-0.39, 0.29) is 0 Å². The maximum atomic E-state index is 5.70. The minimum absolute atomic E-state index is 0.463. The van der Waals surface area contributed by atoms with Crippen LogP contribution in [0.15, 0.2) is 22.7 Å². The Kier molecular flexibility index (Phi) is 3.81. The molecule has 0 heterocycles. The maximum Gasteiger partial charge on any atom is 0.0460 e. The number of nitrogen functional groups attached to an aromatic ring is 1. The number of benzene rings is 1. The second-order valence-electron chi connectivity index (χ2n) is 3.91. The molecule has 1 atom stereocenters.